The normalized spacial score (nSPS) is 9.47. The van der Waals surface area contributed by atoms with Crippen LogP contribution in [0.25, 0.3) is 0 Å². The summed E-state index contributed by atoms with van der Waals surface area (Å²) < 4.78 is 5.08. The molecule has 0 aromatic heterocycles. The summed E-state index contributed by atoms with van der Waals surface area (Å²) in [5.74, 6) is 0.703. The highest BCUT2D eigenvalue weighted by atomic mass is 16.5. The summed E-state index contributed by atoms with van der Waals surface area (Å²) in [5, 5.41) is 17.8. The van der Waals surface area contributed by atoms with Crippen LogP contribution in [0.1, 0.15) is 5.56 Å². The Morgan fingerprint density at radius 1 is 1.53 bits per heavy atom. The van der Waals surface area contributed by atoms with E-state index in [0.717, 1.165) is 5.69 Å². The van der Waals surface area contributed by atoms with Crippen molar-refractivity contribution in [3.63, 3.8) is 0 Å². The van der Waals surface area contributed by atoms with Crippen molar-refractivity contribution >= 4 is 5.69 Å². The van der Waals surface area contributed by atoms with Crippen molar-refractivity contribution < 1.29 is 9.84 Å². The second kappa shape index (κ2) is 5.23. The number of benzene rings is 1. The first kappa shape index (κ1) is 11.3. The van der Waals surface area contributed by atoms with Gasteiger partial charge in [0.05, 0.1) is 25.0 Å². The van der Waals surface area contributed by atoms with Crippen LogP contribution < -0.4 is 9.64 Å². The molecule has 80 valence electrons. The van der Waals surface area contributed by atoms with Gasteiger partial charge in [-0.1, -0.05) is 0 Å². The van der Waals surface area contributed by atoms with Crippen molar-refractivity contribution in [2.24, 2.45) is 0 Å². The van der Waals surface area contributed by atoms with Crippen LogP contribution in [-0.4, -0.2) is 32.4 Å². The highest BCUT2D eigenvalue weighted by Gasteiger charge is 2.08. The van der Waals surface area contributed by atoms with Gasteiger partial charge in [-0.15, -0.1) is 0 Å². The fraction of sp³-hybridized carbons (Fsp3) is 0.364. The average Bonchev–Trinajstić information content (AvgIpc) is 2.28. The summed E-state index contributed by atoms with van der Waals surface area (Å²) in [5.41, 5.74) is 1.35. The molecule has 1 N–H and O–H groups in total. The van der Waals surface area contributed by atoms with E-state index in [1.807, 2.05) is 11.9 Å². The van der Waals surface area contributed by atoms with Crippen LogP contribution in [0.4, 0.5) is 5.69 Å². The van der Waals surface area contributed by atoms with Gasteiger partial charge in [0.25, 0.3) is 0 Å². The first-order valence-corrected chi connectivity index (χ1v) is 4.63. The quantitative estimate of drug-likeness (QED) is 0.798. The van der Waals surface area contributed by atoms with E-state index in [4.69, 9.17) is 15.1 Å². The number of rotatable bonds is 4. The van der Waals surface area contributed by atoms with Gasteiger partial charge in [0.15, 0.2) is 0 Å². The Morgan fingerprint density at radius 2 is 2.27 bits per heavy atom. The van der Waals surface area contributed by atoms with Crippen molar-refractivity contribution in [2.45, 2.75) is 0 Å². The lowest BCUT2D eigenvalue weighted by Crippen LogP contribution is -2.22. The topological polar surface area (TPSA) is 56.5 Å². The molecular weight excluding hydrogens is 192 g/mol. The molecule has 0 aliphatic carbocycles. The minimum Gasteiger partial charge on any atom is -0.497 e. The maximum atomic E-state index is 8.92. The molecule has 0 atom stereocenters. The minimum atomic E-state index is 0.0541. The molecule has 0 saturated heterocycles. The second-order valence-electron chi connectivity index (χ2n) is 3.14. The standard InChI is InChI=1S/C11H14N2O2/c1-13(5-6-14)11-7-10(15-2)4-3-9(11)8-12/h3-4,7,14H,5-6H2,1-2H3. The monoisotopic (exact) mass is 206 g/mol. The molecule has 0 aliphatic heterocycles. The van der Waals surface area contributed by atoms with E-state index < -0.39 is 0 Å². The number of ether oxygens (including phenoxy) is 1. The third-order valence-corrected chi connectivity index (χ3v) is 2.17. The Kier molecular flexibility index (Phi) is 3.95. The molecule has 1 aromatic carbocycles. The predicted molar refractivity (Wildman–Crippen MR) is 58.1 cm³/mol. The van der Waals surface area contributed by atoms with E-state index in [2.05, 4.69) is 6.07 Å². The van der Waals surface area contributed by atoms with Crippen LogP contribution >= 0.6 is 0 Å². The Morgan fingerprint density at radius 3 is 2.80 bits per heavy atom. The summed E-state index contributed by atoms with van der Waals surface area (Å²) in [7, 11) is 3.41. The van der Waals surface area contributed by atoms with E-state index in [1.54, 1.807) is 25.3 Å². The number of nitriles is 1. The smallest absolute Gasteiger partial charge is 0.121 e. The van der Waals surface area contributed by atoms with Gasteiger partial charge in [0.1, 0.15) is 11.8 Å². The molecule has 0 fully saturated rings. The SMILES string of the molecule is COc1ccc(C#N)c(N(C)CCO)c1. The lowest BCUT2D eigenvalue weighted by atomic mass is 10.1. The number of aliphatic hydroxyl groups excluding tert-OH is 1. The van der Waals surface area contributed by atoms with Gasteiger partial charge in [0.2, 0.25) is 0 Å². The number of hydrogen-bond acceptors (Lipinski definition) is 4. The Balaban J connectivity index is 3.07. The minimum absolute atomic E-state index is 0.0541. The molecule has 15 heavy (non-hydrogen) atoms. The molecule has 0 saturated carbocycles. The predicted octanol–water partition coefficient (Wildman–Crippen LogP) is 0.995. The molecule has 1 rings (SSSR count). The van der Waals surface area contributed by atoms with Crippen molar-refractivity contribution in [2.75, 3.05) is 32.2 Å². The van der Waals surface area contributed by atoms with Gasteiger partial charge in [-0.05, 0) is 12.1 Å². The number of nitrogens with zero attached hydrogens (tertiary/aromatic N) is 2. The maximum Gasteiger partial charge on any atom is 0.121 e. The summed E-state index contributed by atoms with van der Waals surface area (Å²) in [4.78, 5) is 1.82. The van der Waals surface area contributed by atoms with Crippen LogP contribution in [0.15, 0.2) is 18.2 Å². The Labute approximate surface area is 89.3 Å². The molecule has 0 unspecified atom stereocenters. The van der Waals surface area contributed by atoms with E-state index in [-0.39, 0.29) is 6.61 Å². The number of methoxy groups -OCH3 is 1. The molecule has 0 bridgehead atoms. The molecule has 0 spiro atoms. The van der Waals surface area contributed by atoms with Crippen LogP contribution in [0.2, 0.25) is 0 Å². The fourth-order valence-corrected chi connectivity index (χ4v) is 1.32. The summed E-state index contributed by atoms with van der Waals surface area (Å²) in [6, 6.07) is 7.35. The zero-order valence-corrected chi connectivity index (χ0v) is 8.90. The van der Waals surface area contributed by atoms with Gasteiger partial charge in [0, 0.05) is 19.7 Å². The Hall–Kier alpha value is -1.73. The van der Waals surface area contributed by atoms with Gasteiger partial charge in [-0.2, -0.15) is 5.26 Å². The molecule has 0 aliphatic rings. The van der Waals surface area contributed by atoms with Crippen molar-refractivity contribution in [3.8, 4) is 11.8 Å². The molecule has 0 heterocycles. The van der Waals surface area contributed by atoms with Crippen LogP contribution in [0.3, 0.4) is 0 Å². The molecule has 0 amide bonds. The summed E-state index contributed by atoms with van der Waals surface area (Å²) >= 11 is 0. The third-order valence-electron chi connectivity index (χ3n) is 2.17. The lowest BCUT2D eigenvalue weighted by molar-refractivity contribution is 0.304. The largest absolute Gasteiger partial charge is 0.497 e. The number of likely N-dealkylation sites (N-methyl/N-ethyl adjacent to an activating group) is 1. The maximum absolute atomic E-state index is 8.92. The third kappa shape index (κ3) is 2.61. The molecule has 0 radical (unpaired) electrons. The van der Waals surface area contributed by atoms with Gasteiger partial charge in [-0.3, -0.25) is 0 Å². The van der Waals surface area contributed by atoms with Crippen LogP contribution in [-0.2, 0) is 0 Å². The van der Waals surface area contributed by atoms with Gasteiger partial charge >= 0.3 is 0 Å². The first-order valence-electron chi connectivity index (χ1n) is 4.63. The van der Waals surface area contributed by atoms with Crippen molar-refractivity contribution in [3.05, 3.63) is 23.8 Å². The molecule has 4 nitrogen and oxygen atoms in total. The first-order chi connectivity index (χ1) is 7.22. The molecule has 1 aromatic rings. The number of aliphatic hydroxyl groups is 1. The van der Waals surface area contributed by atoms with Crippen molar-refractivity contribution in [1.29, 1.82) is 5.26 Å². The number of anilines is 1. The van der Waals surface area contributed by atoms with E-state index in [9.17, 15) is 0 Å². The van der Waals surface area contributed by atoms with Crippen molar-refractivity contribution in [1.82, 2.24) is 0 Å². The van der Waals surface area contributed by atoms with E-state index in [0.29, 0.717) is 17.9 Å². The molecule has 4 heteroatoms. The average molecular weight is 206 g/mol. The number of hydrogen-bond donors (Lipinski definition) is 1. The second-order valence-corrected chi connectivity index (χ2v) is 3.14. The van der Waals surface area contributed by atoms with E-state index >= 15 is 0 Å². The highest BCUT2D eigenvalue weighted by Crippen LogP contribution is 2.24. The molecular formula is C11H14N2O2. The van der Waals surface area contributed by atoms with Crippen LogP contribution in [0.5, 0.6) is 5.75 Å². The van der Waals surface area contributed by atoms with E-state index in [1.165, 1.54) is 0 Å². The Bertz CT molecular complexity index is 371. The summed E-state index contributed by atoms with van der Waals surface area (Å²) in [6.07, 6.45) is 0. The van der Waals surface area contributed by atoms with Gasteiger partial charge in [-0.25, -0.2) is 0 Å². The zero-order valence-electron chi connectivity index (χ0n) is 8.90. The highest BCUT2D eigenvalue weighted by molar-refractivity contribution is 5.61. The lowest BCUT2D eigenvalue weighted by Gasteiger charge is -2.19. The zero-order chi connectivity index (χ0) is 11.3. The van der Waals surface area contributed by atoms with Crippen LogP contribution in [0, 0.1) is 11.3 Å². The fourth-order valence-electron chi connectivity index (χ4n) is 1.32. The summed E-state index contributed by atoms with van der Waals surface area (Å²) in [6.45, 7) is 0.542. The van der Waals surface area contributed by atoms with Gasteiger partial charge < -0.3 is 14.7 Å².